The second-order valence-electron chi connectivity index (χ2n) is 4.68. The SMILES string of the molecule is COc1c(C(O)c2cccc(Br)c2Cl)ccc(C)c1C. The van der Waals surface area contributed by atoms with E-state index in [9.17, 15) is 5.11 Å². The fourth-order valence-electron chi connectivity index (χ4n) is 2.20. The van der Waals surface area contributed by atoms with Crippen LogP contribution in [0.4, 0.5) is 0 Å². The van der Waals surface area contributed by atoms with E-state index >= 15 is 0 Å². The molecule has 0 heterocycles. The average molecular weight is 356 g/mol. The number of benzene rings is 2. The lowest BCUT2D eigenvalue weighted by Crippen LogP contribution is -2.05. The van der Waals surface area contributed by atoms with Crippen LogP contribution in [0.25, 0.3) is 0 Å². The molecule has 0 fully saturated rings. The van der Waals surface area contributed by atoms with Gasteiger partial charge in [0.25, 0.3) is 0 Å². The molecule has 0 aliphatic rings. The van der Waals surface area contributed by atoms with Gasteiger partial charge >= 0.3 is 0 Å². The first-order valence-electron chi connectivity index (χ1n) is 6.23. The number of aliphatic hydroxyl groups excluding tert-OH is 1. The average Bonchev–Trinajstić information content (AvgIpc) is 2.44. The number of aliphatic hydroxyl groups is 1. The molecule has 2 aromatic carbocycles. The molecule has 2 aromatic rings. The molecular weight excluding hydrogens is 340 g/mol. The van der Waals surface area contributed by atoms with Gasteiger partial charge in [-0.3, -0.25) is 0 Å². The number of hydrogen-bond donors (Lipinski definition) is 1. The maximum absolute atomic E-state index is 10.6. The summed E-state index contributed by atoms with van der Waals surface area (Å²) in [6.07, 6.45) is -0.825. The molecule has 0 bridgehead atoms. The Morgan fingerprint density at radius 1 is 1.15 bits per heavy atom. The zero-order valence-corrected chi connectivity index (χ0v) is 13.9. The standard InChI is InChI=1S/C16H16BrClO2/c1-9-7-8-12(16(20-3)10(9)2)15(19)11-5-4-6-13(17)14(11)18/h4-8,15,19H,1-3H3. The first kappa shape index (κ1) is 15.4. The third kappa shape index (κ3) is 2.71. The zero-order chi connectivity index (χ0) is 14.9. The van der Waals surface area contributed by atoms with Crippen molar-refractivity contribution >= 4 is 27.5 Å². The third-order valence-corrected chi connectivity index (χ3v) is 4.79. The van der Waals surface area contributed by atoms with Crippen LogP contribution in [-0.4, -0.2) is 12.2 Å². The van der Waals surface area contributed by atoms with Crippen LogP contribution < -0.4 is 4.74 Å². The number of ether oxygens (including phenoxy) is 1. The van der Waals surface area contributed by atoms with E-state index in [-0.39, 0.29) is 0 Å². The van der Waals surface area contributed by atoms with Crippen LogP contribution in [0.2, 0.25) is 5.02 Å². The lowest BCUT2D eigenvalue weighted by Gasteiger charge is -2.19. The van der Waals surface area contributed by atoms with Crippen LogP contribution in [-0.2, 0) is 0 Å². The minimum atomic E-state index is -0.825. The lowest BCUT2D eigenvalue weighted by atomic mass is 9.96. The Morgan fingerprint density at radius 3 is 2.50 bits per heavy atom. The van der Waals surface area contributed by atoms with Gasteiger partial charge in [-0.1, -0.05) is 35.9 Å². The van der Waals surface area contributed by atoms with Crippen LogP contribution >= 0.6 is 27.5 Å². The van der Waals surface area contributed by atoms with E-state index < -0.39 is 6.10 Å². The molecule has 0 saturated heterocycles. The van der Waals surface area contributed by atoms with Crippen LogP contribution in [0.3, 0.4) is 0 Å². The van der Waals surface area contributed by atoms with Gasteiger partial charge in [-0.25, -0.2) is 0 Å². The Kier molecular flexibility index (Phi) is 4.74. The van der Waals surface area contributed by atoms with E-state index in [4.69, 9.17) is 16.3 Å². The summed E-state index contributed by atoms with van der Waals surface area (Å²) in [5.74, 6) is 0.702. The first-order valence-corrected chi connectivity index (χ1v) is 7.40. The highest BCUT2D eigenvalue weighted by Gasteiger charge is 2.20. The van der Waals surface area contributed by atoms with Gasteiger partial charge in [-0.05, 0) is 47.0 Å². The van der Waals surface area contributed by atoms with Gasteiger partial charge in [0.15, 0.2) is 0 Å². The molecule has 2 nitrogen and oxygen atoms in total. The molecule has 0 aromatic heterocycles. The second kappa shape index (κ2) is 6.17. The summed E-state index contributed by atoms with van der Waals surface area (Å²) in [5, 5.41) is 11.2. The van der Waals surface area contributed by atoms with Crippen molar-refractivity contribution in [2.24, 2.45) is 0 Å². The fourth-order valence-corrected chi connectivity index (χ4v) is 2.81. The minimum Gasteiger partial charge on any atom is -0.496 e. The highest BCUT2D eigenvalue weighted by Crippen LogP contribution is 2.38. The molecule has 0 aliphatic carbocycles. The van der Waals surface area contributed by atoms with E-state index in [2.05, 4.69) is 15.9 Å². The summed E-state index contributed by atoms with van der Waals surface area (Å²) < 4.78 is 6.22. The maximum Gasteiger partial charge on any atom is 0.128 e. The van der Waals surface area contributed by atoms with Crippen molar-refractivity contribution in [1.82, 2.24) is 0 Å². The Labute approximate surface area is 132 Å². The van der Waals surface area contributed by atoms with E-state index in [1.54, 1.807) is 7.11 Å². The molecule has 1 unspecified atom stereocenters. The molecule has 106 valence electrons. The van der Waals surface area contributed by atoms with Crippen molar-refractivity contribution in [2.75, 3.05) is 7.11 Å². The van der Waals surface area contributed by atoms with Crippen LogP contribution in [0, 0.1) is 13.8 Å². The Hall–Kier alpha value is -1.03. The molecule has 4 heteroatoms. The third-order valence-electron chi connectivity index (χ3n) is 3.48. The summed E-state index contributed by atoms with van der Waals surface area (Å²) in [7, 11) is 1.61. The van der Waals surface area contributed by atoms with Crippen LogP contribution in [0.5, 0.6) is 5.75 Å². The molecule has 0 radical (unpaired) electrons. The topological polar surface area (TPSA) is 29.5 Å². The summed E-state index contributed by atoms with van der Waals surface area (Å²) >= 11 is 9.63. The number of methoxy groups -OCH3 is 1. The Bertz CT molecular complexity index is 641. The van der Waals surface area contributed by atoms with E-state index in [0.717, 1.165) is 21.2 Å². The number of halogens is 2. The smallest absolute Gasteiger partial charge is 0.128 e. The van der Waals surface area contributed by atoms with E-state index in [1.807, 2.05) is 44.2 Å². The van der Waals surface area contributed by atoms with Crippen LogP contribution in [0.1, 0.15) is 28.4 Å². The first-order chi connectivity index (χ1) is 9.47. The second-order valence-corrected chi connectivity index (χ2v) is 5.91. The number of aryl methyl sites for hydroxylation is 1. The molecule has 1 N–H and O–H groups in total. The van der Waals surface area contributed by atoms with E-state index in [0.29, 0.717) is 16.3 Å². The van der Waals surface area contributed by atoms with Crippen molar-refractivity contribution in [3.8, 4) is 5.75 Å². The monoisotopic (exact) mass is 354 g/mol. The summed E-state index contributed by atoms with van der Waals surface area (Å²) in [6, 6.07) is 9.36. The van der Waals surface area contributed by atoms with Gasteiger partial charge in [0, 0.05) is 15.6 Å². The van der Waals surface area contributed by atoms with Gasteiger partial charge in [0.2, 0.25) is 0 Å². The highest BCUT2D eigenvalue weighted by atomic mass is 79.9. The van der Waals surface area contributed by atoms with Gasteiger partial charge in [0.05, 0.1) is 12.1 Å². The van der Waals surface area contributed by atoms with Crippen molar-refractivity contribution < 1.29 is 9.84 Å². The highest BCUT2D eigenvalue weighted by molar-refractivity contribution is 9.10. The number of hydrogen-bond acceptors (Lipinski definition) is 2. The minimum absolute atomic E-state index is 0.514. The van der Waals surface area contributed by atoms with E-state index in [1.165, 1.54) is 0 Å². The molecule has 0 amide bonds. The molecule has 0 saturated carbocycles. The summed E-state index contributed by atoms with van der Waals surface area (Å²) in [6.45, 7) is 3.99. The molecule has 1 atom stereocenters. The quantitative estimate of drug-likeness (QED) is 0.856. The normalized spacial score (nSPS) is 12.3. The lowest BCUT2D eigenvalue weighted by molar-refractivity contribution is 0.214. The Balaban J connectivity index is 2.56. The van der Waals surface area contributed by atoms with Crippen molar-refractivity contribution in [2.45, 2.75) is 20.0 Å². The van der Waals surface area contributed by atoms with Gasteiger partial charge in [0.1, 0.15) is 11.9 Å². The molecule has 20 heavy (non-hydrogen) atoms. The van der Waals surface area contributed by atoms with Crippen molar-refractivity contribution in [3.05, 3.63) is 62.1 Å². The van der Waals surface area contributed by atoms with Crippen molar-refractivity contribution in [3.63, 3.8) is 0 Å². The predicted molar refractivity (Wildman–Crippen MR) is 85.7 cm³/mol. The van der Waals surface area contributed by atoms with Gasteiger partial charge in [-0.15, -0.1) is 0 Å². The largest absolute Gasteiger partial charge is 0.496 e. The predicted octanol–water partition coefficient (Wildman–Crippen LogP) is 4.81. The van der Waals surface area contributed by atoms with Crippen LogP contribution in [0.15, 0.2) is 34.8 Å². The molecule has 0 spiro atoms. The Morgan fingerprint density at radius 2 is 1.85 bits per heavy atom. The van der Waals surface area contributed by atoms with Gasteiger partial charge in [-0.2, -0.15) is 0 Å². The number of rotatable bonds is 3. The summed E-state index contributed by atoms with van der Waals surface area (Å²) in [4.78, 5) is 0. The van der Waals surface area contributed by atoms with Crippen molar-refractivity contribution in [1.29, 1.82) is 0 Å². The molecular formula is C16H16BrClO2. The van der Waals surface area contributed by atoms with Gasteiger partial charge < -0.3 is 9.84 Å². The fraction of sp³-hybridized carbons (Fsp3) is 0.250. The molecule has 2 rings (SSSR count). The molecule has 0 aliphatic heterocycles. The maximum atomic E-state index is 10.6. The summed E-state index contributed by atoms with van der Waals surface area (Å²) in [5.41, 5.74) is 3.52. The zero-order valence-electron chi connectivity index (χ0n) is 11.6.